The summed E-state index contributed by atoms with van der Waals surface area (Å²) in [4.78, 5) is 0.801. The number of thiocarbonyl (C=S) groups is 1. The van der Waals surface area contributed by atoms with Crippen LogP contribution in [0.15, 0.2) is 16.3 Å². The van der Waals surface area contributed by atoms with Gasteiger partial charge in [0.2, 0.25) is 0 Å². The Balaban J connectivity index is 2.22. The lowest BCUT2D eigenvalue weighted by molar-refractivity contribution is 0.178. The molecule has 0 aromatic carbocycles. The fourth-order valence-corrected chi connectivity index (χ4v) is 4.49. The second-order valence-electron chi connectivity index (χ2n) is 4.45. The van der Waals surface area contributed by atoms with E-state index in [2.05, 4.69) is 4.72 Å². The highest BCUT2D eigenvalue weighted by Crippen LogP contribution is 2.25. The lowest BCUT2D eigenvalue weighted by Crippen LogP contribution is -2.46. The van der Waals surface area contributed by atoms with Gasteiger partial charge < -0.3 is 10.5 Å². The molecule has 2 rings (SSSR count). The van der Waals surface area contributed by atoms with Gasteiger partial charge in [0.05, 0.1) is 17.0 Å². The topological polar surface area (TPSA) is 81.4 Å². The third kappa shape index (κ3) is 2.89. The third-order valence-electron chi connectivity index (χ3n) is 2.69. The van der Waals surface area contributed by atoms with E-state index in [0.717, 1.165) is 11.3 Å². The molecule has 5 nitrogen and oxygen atoms in total. The van der Waals surface area contributed by atoms with Crippen LogP contribution in [0.5, 0.6) is 0 Å². The molecule has 1 fully saturated rings. The van der Waals surface area contributed by atoms with Crippen LogP contribution in [0, 0.1) is 0 Å². The number of sulfonamides is 1. The maximum Gasteiger partial charge on any atom is 0.250 e. The van der Waals surface area contributed by atoms with E-state index in [0.29, 0.717) is 24.5 Å². The monoisotopic (exact) mass is 306 g/mol. The molecule has 1 unspecified atom stereocenters. The molecular formula is C10H14N2O3S3. The van der Waals surface area contributed by atoms with Crippen molar-refractivity contribution in [2.75, 3.05) is 13.2 Å². The quantitative estimate of drug-likeness (QED) is 0.806. The molecule has 1 saturated heterocycles. The summed E-state index contributed by atoms with van der Waals surface area (Å²) in [5.74, 6) is 0. The fourth-order valence-electron chi connectivity index (χ4n) is 1.72. The molecule has 0 spiro atoms. The van der Waals surface area contributed by atoms with Gasteiger partial charge in [-0.1, -0.05) is 12.2 Å². The van der Waals surface area contributed by atoms with Crippen molar-refractivity contribution in [1.29, 1.82) is 0 Å². The normalized spacial score (nSPS) is 24.3. The third-order valence-corrected chi connectivity index (χ3v) is 6.29. The zero-order chi connectivity index (χ0) is 13.4. The predicted molar refractivity (Wildman–Crippen MR) is 74.4 cm³/mol. The summed E-state index contributed by atoms with van der Waals surface area (Å²) >= 11 is 5.89. The van der Waals surface area contributed by atoms with E-state index in [9.17, 15) is 8.42 Å². The van der Waals surface area contributed by atoms with Gasteiger partial charge in [-0.05, 0) is 25.5 Å². The molecule has 100 valence electrons. The summed E-state index contributed by atoms with van der Waals surface area (Å²) in [6, 6.07) is 3.13. The molecule has 2 heterocycles. The molecule has 0 saturated carbocycles. The first kappa shape index (κ1) is 13.9. The number of hydrogen-bond acceptors (Lipinski definition) is 5. The Bertz CT molecular complexity index is 559. The average molecular weight is 306 g/mol. The van der Waals surface area contributed by atoms with Crippen molar-refractivity contribution in [3.05, 3.63) is 17.0 Å². The Labute approximate surface area is 115 Å². The van der Waals surface area contributed by atoms with Crippen molar-refractivity contribution in [3.63, 3.8) is 0 Å². The maximum absolute atomic E-state index is 12.2. The summed E-state index contributed by atoms with van der Waals surface area (Å²) in [5.41, 5.74) is 4.93. The number of thiophene rings is 1. The lowest BCUT2D eigenvalue weighted by atomic mass is 10.0. The lowest BCUT2D eigenvalue weighted by Gasteiger charge is -2.22. The average Bonchev–Trinajstić information content (AvgIpc) is 2.85. The molecule has 0 radical (unpaired) electrons. The number of ether oxygens (including phenoxy) is 1. The molecule has 1 aliphatic rings. The largest absolute Gasteiger partial charge is 0.389 e. The van der Waals surface area contributed by atoms with E-state index >= 15 is 0 Å². The van der Waals surface area contributed by atoms with E-state index in [4.69, 9.17) is 22.7 Å². The van der Waals surface area contributed by atoms with Crippen molar-refractivity contribution in [2.45, 2.75) is 23.1 Å². The van der Waals surface area contributed by atoms with Crippen LogP contribution in [0.4, 0.5) is 0 Å². The first-order valence-electron chi connectivity index (χ1n) is 5.34. The Morgan fingerprint density at radius 1 is 1.61 bits per heavy atom. The molecule has 8 heteroatoms. The van der Waals surface area contributed by atoms with Crippen molar-refractivity contribution in [2.24, 2.45) is 5.73 Å². The van der Waals surface area contributed by atoms with E-state index in [1.54, 1.807) is 6.07 Å². The van der Waals surface area contributed by atoms with Crippen molar-refractivity contribution < 1.29 is 13.2 Å². The highest BCUT2D eigenvalue weighted by molar-refractivity contribution is 7.91. The van der Waals surface area contributed by atoms with Gasteiger partial charge in [0.25, 0.3) is 10.0 Å². The standard InChI is InChI=1S/C10H14N2O3S3/c1-10(4-5-15-6-10)12-18(13,14)8-3-2-7(17-8)9(11)16/h2-3,12H,4-6H2,1H3,(H2,11,16). The Morgan fingerprint density at radius 2 is 2.33 bits per heavy atom. The zero-order valence-electron chi connectivity index (χ0n) is 9.80. The van der Waals surface area contributed by atoms with Crippen LogP contribution < -0.4 is 10.5 Å². The van der Waals surface area contributed by atoms with Gasteiger partial charge in [0.15, 0.2) is 0 Å². The molecule has 0 amide bonds. The van der Waals surface area contributed by atoms with Gasteiger partial charge in [-0.25, -0.2) is 13.1 Å². The van der Waals surface area contributed by atoms with Crippen LogP contribution in [0.2, 0.25) is 0 Å². The first-order chi connectivity index (χ1) is 8.32. The second-order valence-corrected chi connectivity index (χ2v) is 7.88. The number of nitrogens with one attached hydrogen (secondary N) is 1. The molecule has 1 atom stereocenters. The van der Waals surface area contributed by atoms with Gasteiger partial charge in [0, 0.05) is 6.61 Å². The van der Waals surface area contributed by atoms with Crippen LogP contribution in [-0.4, -0.2) is 32.2 Å². The van der Waals surface area contributed by atoms with Gasteiger partial charge in [-0.3, -0.25) is 0 Å². The van der Waals surface area contributed by atoms with Crippen LogP contribution in [0.1, 0.15) is 18.2 Å². The first-order valence-corrected chi connectivity index (χ1v) is 8.05. The molecule has 0 aliphatic carbocycles. The van der Waals surface area contributed by atoms with Crippen LogP contribution in [0.3, 0.4) is 0 Å². The smallest absolute Gasteiger partial charge is 0.250 e. The SMILES string of the molecule is CC1(NS(=O)(=O)c2ccc(C(N)=S)s2)CCOC1. The van der Waals surface area contributed by atoms with Crippen LogP contribution in [0.25, 0.3) is 0 Å². The fraction of sp³-hybridized carbons (Fsp3) is 0.500. The van der Waals surface area contributed by atoms with Crippen molar-refractivity contribution in [3.8, 4) is 0 Å². The summed E-state index contributed by atoms with van der Waals surface area (Å²) in [6.07, 6.45) is 0.666. The van der Waals surface area contributed by atoms with E-state index < -0.39 is 15.6 Å². The highest BCUT2D eigenvalue weighted by atomic mass is 32.2. The minimum absolute atomic E-state index is 0.205. The zero-order valence-corrected chi connectivity index (χ0v) is 12.3. The summed E-state index contributed by atoms with van der Waals surface area (Å²) in [7, 11) is -3.54. The summed E-state index contributed by atoms with van der Waals surface area (Å²) < 4.78 is 32.5. The Hall–Kier alpha value is -0.540. The molecular weight excluding hydrogens is 292 g/mol. The molecule has 0 bridgehead atoms. The number of rotatable bonds is 4. The Kier molecular flexibility index (Phi) is 3.75. The van der Waals surface area contributed by atoms with E-state index in [-0.39, 0.29) is 9.20 Å². The van der Waals surface area contributed by atoms with Crippen molar-refractivity contribution in [1.82, 2.24) is 4.72 Å². The molecule has 1 aliphatic heterocycles. The minimum Gasteiger partial charge on any atom is -0.389 e. The number of nitrogens with two attached hydrogens (primary N) is 1. The van der Waals surface area contributed by atoms with E-state index in [1.807, 2.05) is 6.92 Å². The van der Waals surface area contributed by atoms with Gasteiger partial charge >= 0.3 is 0 Å². The number of hydrogen-bond donors (Lipinski definition) is 2. The van der Waals surface area contributed by atoms with Gasteiger partial charge in [-0.15, -0.1) is 11.3 Å². The minimum atomic E-state index is -3.54. The van der Waals surface area contributed by atoms with Gasteiger partial charge in [-0.2, -0.15) is 0 Å². The summed E-state index contributed by atoms with van der Waals surface area (Å²) in [6.45, 7) is 2.79. The molecule has 18 heavy (non-hydrogen) atoms. The van der Waals surface area contributed by atoms with Crippen molar-refractivity contribution >= 4 is 38.6 Å². The Morgan fingerprint density at radius 3 is 2.83 bits per heavy atom. The van der Waals surface area contributed by atoms with E-state index in [1.165, 1.54) is 6.07 Å². The molecule has 1 aromatic rings. The predicted octanol–water partition coefficient (Wildman–Crippen LogP) is 0.840. The van der Waals surface area contributed by atoms with Gasteiger partial charge in [0.1, 0.15) is 9.20 Å². The highest BCUT2D eigenvalue weighted by Gasteiger charge is 2.35. The van der Waals surface area contributed by atoms with Crippen LogP contribution in [-0.2, 0) is 14.8 Å². The molecule has 3 N–H and O–H groups in total. The maximum atomic E-state index is 12.2. The molecule has 1 aromatic heterocycles. The second kappa shape index (κ2) is 4.86. The summed E-state index contributed by atoms with van der Waals surface area (Å²) in [5, 5.41) is 0. The van der Waals surface area contributed by atoms with Crippen LogP contribution >= 0.6 is 23.6 Å².